The number of hydrogen-bond donors (Lipinski definition) is 1. The van der Waals surface area contributed by atoms with E-state index in [1.165, 1.54) is 6.42 Å². The maximum atomic E-state index is 14.2. The molecule has 1 saturated carbocycles. The van der Waals surface area contributed by atoms with E-state index >= 15 is 0 Å². The van der Waals surface area contributed by atoms with Gasteiger partial charge in [0, 0.05) is 42.9 Å². The molecule has 1 atom stereocenters. The minimum atomic E-state index is -0.641. The minimum absolute atomic E-state index is 0.0187. The number of anilines is 1. The second-order valence-electron chi connectivity index (χ2n) is 12.2. The van der Waals surface area contributed by atoms with Crippen LogP contribution >= 0.6 is 0 Å². The summed E-state index contributed by atoms with van der Waals surface area (Å²) in [6, 6.07) is 29.3. The molecule has 4 aromatic carbocycles. The molecular formula is C38H41N3O3. The van der Waals surface area contributed by atoms with Crippen LogP contribution in [-0.2, 0) is 22.6 Å². The highest BCUT2D eigenvalue weighted by molar-refractivity contribution is 6.25. The first-order valence-corrected chi connectivity index (χ1v) is 16.0. The number of nitrogens with zero attached hydrogens (tertiary/aromatic N) is 2. The fourth-order valence-electron chi connectivity index (χ4n) is 6.80. The molecule has 0 radical (unpaired) electrons. The van der Waals surface area contributed by atoms with Gasteiger partial charge in [0.1, 0.15) is 6.04 Å². The number of carbonyl (C=O) groups is 3. The Morgan fingerprint density at radius 1 is 0.886 bits per heavy atom. The molecule has 3 amide bonds. The van der Waals surface area contributed by atoms with Crippen molar-refractivity contribution in [1.29, 1.82) is 0 Å². The summed E-state index contributed by atoms with van der Waals surface area (Å²) in [5, 5.41) is 5.34. The third-order valence-electron chi connectivity index (χ3n) is 9.25. The number of hydrogen-bond acceptors (Lipinski definition) is 3. The second-order valence-corrected chi connectivity index (χ2v) is 12.2. The van der Waals surface area contributed by atoms with E-state index in [9.17, 15) is 14.4 Å². The first kappa shape index (κ1) is 29.6. The number of nitrogens with one attached hydrogen (secondary N) is 1. The zero-order valence-corrected chi connectivity index (χ0v) is 25.5. The van der Waals surface area contributed by atoms with Crippen molar-refractivity contribution < 1.29 is 14.4 Å². The van der Waals surface area contributed by atoms with Crippen molar-refractivity contribution in [1.82, 2.24) is 10.2 Å². The molecule has 0 aromatic heterocycles. The molecule has 0 spiro atoms. The van der Waals surface area contributed by atoms with Gasteiger partial charge in [0.2, 0.25) is 11.8 Å². The summed E-state index contributed by atoms with van der Waals surface area (Å²) in [5.74, 6) is -0.176. The molecule has 4 aromatic rings. The average Bonchev–Trinajstić information content (AvgIpc) is 3.32. The Balaban J connectivity index is 1.24. The van der Waals surface area contributed by atoms with Crippen molar-refractivity contribution in [2.75, 3.05) is 11.4 Å². The first-order chi connectivity index (χ1) is 21.5. The molecule has 0 bridgehead atoms. The second kappa shape index (κ2) is 13.5. The van der Waals surface area contributed by atoms with Crippen molar-refractivity contribution in [2.45, 2.75) is 76.9 Å². The largest absolute Gasteiger partial charge is 0.352 e. The van der Waals surface area contributed by atoms with Crippen LogP contribution in [0.15, 0.2) is 91.0 Å². The van der Waals surface area contributed by atoms with E-state index in [0.29, 0.717) is 31.5 Å². The molecule has 226 valence electrons. The van der Waals surface area contributed by atoms with Crippen molar-refractivity contribution in [3.8, 4) is 0 Å². The Bertz CT molecular complexity index is 1640. The van der Waals surface area contributed by atoms with Gasteiger partial charge < -0.3 is 15.1 Å². The van der Waals surface area contributed by atoms with Gasteiger partial charge in [-0.15, -0.1) is 0 Å². The van der Waals surface area contributed by atoms with Gasteiger partial charge in [-0.3, -0.25) is 14.4 Å². The lowest BCUT2D eigenvalue weighted by Gasteiger charge is -2.34. The summed E-state index contributed by atoms with van der Waals surface area (Å²) in [6.45, 7) is 2.84. The van der Waals surface area contributed by atoms with Crippen LogP contribution in [0.3, 0.4) is 0 Å². The van der Waals surface area contributed by atoms with Gasteiger partial charge in [0.05, 0.1) is 5.69 Å². The molecule has 0 unspecified atom stereocenters. The SMILES string of the molecule is Cc1ccccc1CN(C(=O)CCCN1C(=O)c2cccc3cccc1c23)[C@H](Cc1ccccc1)C(=O)NC1CCCCC1. The molecule has 0 saturated heterocycles. The molecule has 2 aliphatic rings. The summed E-state index contributed by atoms with van der Waals surface area (Å²) in [7, 11) is 0. The standard InChI is InChI=1S/C38H41N3O3/c1-27-13-8-9-16-30(27)26-41(34(25-28-14-4-2-5-15-28)37(43)39-31-19-6-3-7-20-31)35(42)23-12-24-40-33-22-11-18-29-17-10-21-32(36(29)33)38(40)44/h2,4-5,8-11,13-18,21-22,31,34H,3,6-7,12,19-20,23-26H2,1H3,(H,39,43)/t34-/m1/s1. The molecule has 6 heteroatoms. The Labute approximate surface area is 260 Å². The van der Waals surface area contributed by atoms with Gasteiger partial charge in [-0.1, -0.05) is 98.1 Å². The lowest BCUT2D eigenvalue weighted by Crippen LogP contribution is -2.53. The molecule has 1 aliphatic heterocycles. The summed E-state index contributed by atoms with van der Waals surface area (Å²) in [6.07, 6.45) is 6.59. The molecule has 6 rings (SSSR count). The van der Waals surface area contributed by atoms with Crippen LogP contribution in [0.25, 0.3) is 10.8 Å². The van der Waals surface area contributed by atoms with Crippen LogP contribution in [0, 0.1) is 6.92 Å². The molecule has 1 fully saturated rings. The van der Waals surface area contributed by atoms with Gasteiger partial charge in [-0.25, -0.2) is 0 Å². The third kappa shape index (κ3) is 6.40. The van der Waals surface area contributed by atoms with Gasteiger partial charge >= 0.3 is 0 Å². The van der Waals surface area contributed by atoms with E-state index in [0.717, 1.165) is 58.8 Å². The quantitative estimate of drug-likeness (QED) is 0.206. The maximum Gasteiger partial charge on any atom is 0.258 e. The third-order valence-corrected chi connectivity index (χ3v) is 9.25. The van der Waals surface area contributed by atoms with Crippen LogP contribution in [0.4, 0.5) is 5.69 Å². The monoisotopic (exact) mass is 587 g/mol. The number of benzene rings is 4. The van der Waals surface area contributed by atoms with E-state index in [4.69, 9.17) is 0 Å². The summed E-state index contributed by atoms with van der Waals surface area (Å²) < 4.78 is 0. The summed E-state index contributed by atoms with van der Waals surface area (Å²) >= 11 is 0. The van der Waals surface area contributed by atoms with Crippen LogP contribution in [0.5, 0.6) is 0 Å². The van der Waals surface area contributed by atoms with Crippen LogP contribution in [0.2, 0.25) is 0 Å². The molecule has 44 heavy (non-hydrogen) atoms. The van der Waals surface area contributed by atoms with E-state index in [-0.39, 0.29) is 30.2 Å². The van der Waals surface area contributed by atoms with Crippen LogP contribution < -0.4 is 10.2 Å². The Kier molecular flexibility index (Phi) is 9.06. The van der Waals surface area contributed by atoms with E-state index in [1.54, 1.807) is 9.80 Å². The van der Waals surface area contributed by atoms with Crippen molar-refractivity contribution in [2.24, 2.45) is 0 Å². The fourth-order valence-corrected chi connectivity index (χ4v) is 6.80. The highest BCUT2D eigenvalue weighted by Crippen LogP contribution is 2.37. The molecule has 6 nitrogen and oxygen atoms in total. The van der Waals surface area contributed by atoms with Crippen molar-refractivity contribution in [3.63, 3.8) is 0 Å². The van der Waals surface area contributed by atoms with Gasteiger partial charge in [0.15, 0.2) is 0 Å². The summed E-state index contributed by atoms with van der Waals surface area (Å²) in [5.41, 5.74) is 4.76. The highest BCUT2D eigenvalue weighted by atomic mass is 16.2. The Morgan fingerprint density at radius 3 is 2.39 bits per heavy atom. The highest BCUT2D eigenvalue weighted by Gasteiger charge is 2.33. The Hall–Kier alpha value is -4.45. The molecule has 1 aliphatic carbocycles. The van der Waals surface area contributed by atoms with E-state index < -0.39 is 6.04 Å². The molecule has 1 N–H and O–H groups in total. The summed E-state index contributed by atoms with van der Waals surface area (Å²) in [4.78, 5) is 45.2. The predicted molar refractivity (Wildman–Crippen MR) is 176 cm³/mol. The van der Waals surface area contributed by atoms with Gasteiger partial charge in [-0.2, -0.15) is 0 Å². The lowest BCUT2D eigenvalue weighted by atomic mass is 9.94. The van der Waals surface area contributed by atoms with Crippen LogP contribution in [0.1, 0.15) is 72.0 Å². The zero-order valence-electron chi connectivity index (χ0n) is 25.5. The zero-order chi connectivity index (χ0) is 30.5. The van der Waals surface area contributed by atoms with Crippen molar-refractivity contribution >= 4 is 34.2 Å². The number of aryl methyl sites for hydroxylation is 1. The van der Waals surface area contributed by atoms with Gasteiger partial charge in [-0.05, 0) is 60.4 Å². The first-order valence-electron chi connectivity index (χ1n) is 16.0. The van der Waals surface area contributed by atoms with Crippen molar-refractivity contribution in [3.05, 3.63) is 113 Å². The molecule has 1 heterocycles. The van der Waals surface area contributed by atoms with E-state index in [2.05, 4.69) is 5.32 Å². The molecular weight excluding hydrogens is 546 g/mol. The van der Waals surface area contributed by atoms with Crippen LogP contribution in [-0.4, -0.2) is 41.2 Å². The minimum Gasteiger partial charge on any atom is -0.352 e. The Morgan fingerprint density at radius 2 is 1.61 bits per heavy atom. The van der Waals surface area contributed by atoms with E-state index in [1.807, 2.05) is 97.9 Å². The number of carbonyl (C=O) groups excluding carboxylic acids is 3. The topological polar surface area (TPSA) is 69.7 Å². The predicted octanol–water partition coefficient (Wildman–Crippen LogP) is 6.98. The lowest BCUT2D eigenvalue weighted by molar-refractivity contribution is -0.141. The average molecular weight is 588 g/mol. The fraction of sp³-hybridized carbons (Fsp3) is 0.342. The smallest absolute Gasteiger partial charge is 0.258 e. The normalized spacial score (nSPS) is 15.4. The maximum absolute atomic E-state index is 14.2. The number of rotatable bonds is 11. The van der Waals surface area contributed by atoms with Gasteiger partial charge in [0.25, 0.3) is 5.91 Å². The number of amides is 3.